The topological polar surface area (TPSA) is 55.6 Å². The minimum atomic E-state index is -0.342. The van der Waals surface area contributed by atoms with Crippen molar-refractivity contribution in [2.45, 2.75) is 24.9 Å². The van der Waals surface area contributed by atoms with Crippen LogP contribution in [-0.2, 0) is 10.3 Å². The number of primary amides is 1. The minimum absolute atomic E-state index is 0.219. The van der Waals surface area contributed by atoms with Gasteiger partial charge in [0.2, 0.25) is 0 Å². The number of amides is 1. The molecule has 0 unspecified atom stereocenters. The lowest BCUT2D eigenvalue weighted by molar-refractivity contribution is -0.163. The second kappa shape index (κ2) is 5.13. The second-order valence-corrected chi connectivity index (χ2v) is 7.16. The largest absolute Gasteiger partial charge is 0.372 e. The molecule has 20 heavy (non-hydrogen) atoms. The van der Waals surface area contributed by atoms with E-state index in [2.05, 4.69) is 11.9 Å². The van der Waals surface area contributed by atoms with Crippen LogP contribution in [0.4, 0.5) is 0 Å². The summed E-state index contributed by atoms with van der Waals surface area (Å²) in [4.78, 5) is 15.6. The highest BCUT2D eigenvalue weighted by molar-refractivity contribution is 7.14. The molecule has 2 fully saturated rings. The Morgan fingerprint density at radius 3 is 2.55 bits per heavy atom. The first-order valence-corrected chi connectivity index (χ1v) is 8.03. The van der Waals surface area contributed by atoms with E-state index in [4.69, 9.17) is 10.5 Å². The smallest absolute Gasteiger partial charge is 0.258 e. The summed E-state index contributed by atoms with van der Waals surface area (Å²) in [5.41, 5.74) is 5.18. The Bertz CT molecular complexity index is 500. The molecule has 110 valence electrons. The molecule has 0 aromatic carbocycles. The van der Waals surface area contributed by atoms with Gasteiger partial charge < -0.3 is 15.4 Å². The van der Waals surface area contributed by atoms with Crippen molar-refractivity contribution in [1.29, 1.82) is 0 Å². The van der Waals surface area contributed by atoms with Gasteiger partial charge in [-0.3, -0.25) is 4.79 Å². The van der Waals surface area contributed by atoms with Gasteiger partial charge in [-0.15, -0.1) is 11.3 Å². The molecule has 1 saturated heterocycles. The quantitative estimate of drug-likeness (QED) is 0.928. The van der Waals surface area contributed by atoms with E-state index in [-0.39, 0.29) is 11.5 Å². The fraction of sp³-hybridized carbons (Fsp3) is 0.667. The molecule has 0 radical (unpaired) electrons. The van der Waals surface area contributed by atoms with Crippen LogP contribution < -0.4 is 5.73 Å². The molecule has 2 bridgehead atoms. The number of carbonyl (C=O) groups excluding carboxylic acids is 1. The van der Waals surface area contributed by atoms with E-state index in [0.29, 0.717) is 16.7 Å². The van der Waals surface area contributed by atoms with Crippen LogP contribution >= 0.6 is 11.3 Å². The average molecular weight is 294 g/mol. The van der Waals surface area contributed by atoms with Crippen LogP contribution in [0.1, 0.15) is 33.8 Å². The molecular formula is C15H22N2O2S. The van der Waals surface area contributed by atoms with Gasteiger partial charge in [0.25, 0.3) is 5.91 Å². The molecule has 1 aliphatic heterocycles. The highest BCUT2D eigenvalue weighted by Crippen LogP contribution is 2.52. The first-order valence-electron chi connectivity index (χ1n) is 7.21. The average Bonchev–Trinajstić information content (AvgIpc) is 2.88. The van der Waals surface area contributed by atoms with Crippen molar-refractivity contribution in [2.75, 3.05) is 27.2 Å². The third-order valence-corrected chi connectivity index (χ3v) is 6.19. The van der Waals surface area contributed by atoms with Crippen LogP contribution in [0, 0.1) is 11.8 Å². The summed E-state index contributed by atoms with van der Waals surface area (Å²) >= 11 is 1.51. The summed E-state index contributed by atoms with van der Waals surface area (Å²) < 4.78 is 6.10. The van der Waals surface area contributed by atoms with E-state index in [1.165, 1.54) is 35.5 Å². The Hall–Kier alpha value is -0.910. The number of nitrogens with two attached hydrogens (primary N) is 1. The molecule has 3 rings (SSSR count). The molecule has 1 amide bonds. The maximum atomic E-state index is 11.4. The monoisotopic (exact) mass is 294 g/mol. The fourth-order valence-electron chi connectivity index (χ4n) is 4.17. The van der Waals surface area contributed by atoms with Crippen molar-refractivity contribution >= 4 is 17.2 Å². The van der Waals surface area contributed by atoms with Crippen LogP contribution in [0.25, 0.3) is 0 Å². The maximum Gasteiger partial charge on any atom is 0.258 e. The number of nitrogens with zero attached hydrogens (tertiary/aromatic N) is 1. The molecule has 3 atom stereocenters. The van der Waals surface area contributed by atoms with E-state index in [0.717, 1.165) is 13.1 Å². The maximum absolute atomic E-state index is 11.4. The molecule has 1 aliphatic carbocycles. The molecule has 1 aromatic heterocycles. The molecule has 4 nitrogen and oxygen atoms in total. The number of hydrogen-bond acceptors (Lipinski definition) is 4. The van der Waals surface area contributed by atoms with Gasteiger partial charge in [-0.05, 0) is 32.0 Å². The number of likely N-dealkylation sites (tertiary alicyclic amines) is 1. The number of fused-ring (bicyclic) bond motifs is 2. The van der Waals surface area contributed by atoms with Crippen molar-refractivity contribution in [3.63, 3.8) is 0 Å². The predicted molar refractivity (Wildman–Crippen MR) is 79.9 cm³/mol. The lowest BCUT2D eigenvalue weighted by Crippen LogP contribution is -2.57. The highest BCUT2D eigenvalue weighted by atomic mass is 32.1. The minimum Gasteiger partial charge on any atom is -0.372 e. The lowest BCUT2D eigenvalue weighted by atomic mass is 9.64. The first kappa shape index (κ1) is 14.0. The number of carbonyl (C=O) groups is 1. The summed E-state index contributed by atoms with van der Waals surface area (Å²) in [6, 6.07) is 3.89. The Kier molecular flexibility index (Phi) is 3.60. The summed E-state index contributed by atoms with van der Waals surface area (Å²) in [5, 5.41) is 0. The van der Waals surface area contributed by atoms with Gasteiger partial charge in [0.05, 0.1) is 4.88 Å². The summed E-state index contributed by atoms with van der Waals surface area (Å²) in [6.45, 7) is 2.13. The third kappa shape index (κ3) is 2.00. The van der Waals surface area contributed by atoms with Gasteiger partial charge in [0.1, 0.15) is 5.60 Å². The first-order chi connectivity index (χ1) is 9.57. The van der Waals surface area contributed by atoms with E-state index < -0.39 is 0 Å². The Morgan fingerprint density at radius 1 is 1.40 bits per heavy atom. The molecule has 2 N–H and O–H groups in total. The standard InChI is InChI=1S/C15H22N2O2S/c1-17-8-10-4-3-5-11(9-17)15(10,19-2)13-7-6-12(20-13)14(16)18/h6-7,10-11H,3-5,8-9H2,1-2H3,(H2,16,18)/t10-,11+,15+. The van der Waals surface area contributed by atoms with Gasteiger partial charge in [-0.2, -0.15) is 0 Å². The number of ether oxygens (including phenoxy) is 1. The van der Waals surface area contributed by atoms with Crippen LogP contribution in [0.3, 0.4) is 0 Å². The van der Waals surface area contributed by atoms with Gasteiger partial charge in [-0.25, -0.2) is 0 Å². The Morgan fingerprint density at radius 2 is 2.05 bits per heavy atom. The molecule has 2 heterocycles. The number of piperidine rings is 1. The van der Waals surface area contributed by atoms with Crippen molar-refractivity contribution in [2.24, 2.45) is 17.6 Å². The van der Waals surface area contributed by atoms with E-state index in [1.807, 2.05) is 19.2 Å². The van der Waals surface area contributed by atoms with Crippen LogP contribution in [0.5, 0.6) is 0 Å². The summed E-state index contributed by atoms with van der Waals surface area (Å²) in [6.07, 6.45) is 3.67. The summed E-state index contributed by atoms with van der Waals surface area (Å²) in [7, 11) is 4.01. The van der Waals surface area contributed by atoms with E-state index in [1.54, 1.807) is 0 Å². The zero-order valence-corrected chi connectivity index (χ0v) is 12.9. The Balaban J connectivity index is 2.03. The van der Waals surface area contributed by atoms with Crippen LogP contribution in [0.15, 0.2) is 12.1 Å². The van der Waals surface area contributed by atoms with Gasteiger partial charge >= 0.3 is 0 Å². The molecule has 1 saturated carbocycles. The molecular weight excluding hydrogens is 272 g/mol. The SMILES string of the molecule is CO[C@@]1(c2ccc(C(N)=O)s2)[C@@H]2CCC[C@H]1CN(C)C2. The number of methoxy groups -OCH3 is 1. The molecule has 2 aliphatic rings. The molecule has 0 spiro atoms. The fourth-order valence-corrected chi connectivity index (χ4v) is 5.36. The van der Waals surface area contributed by atoms with Gasteiger partial charge in [-0.1, -0.05) is 6.42 Å². The van der Waals surface area contributed by atoms with Crippen molar-refractivity contribution in [3.8, 4) is 0 Å². The normalized spacial score (nSPS) is 34.1. The Labute approximate surface area is 123 Å². The van der Waals surface area contributed by atoms with Crippen molar-refractivity contribution in [1.82, 2.24) is 4.90 Å². The van der Waals surface area contributed by atoms with E-state index >= 15 is 0 Å². The van der Waals surface area contributed by atoms with E-state index in [9.17, 15) is 4.79 Å². The molecule has 5 heteroatoms. The zero-order chi connectivity index (χ0) is 14.3. The van der Waals surface area contributed by atoms with Gasteiger partial charge in [0.15, 0.2) is 0 Å². The van der Waals surface area contributed by atoms with Crippen LogP contribution in [-0.4, -0.2) is 38.1 Å². The molecule has 1 aromatic rings. The summed E-state index contributed by atoms with van der Waals surface area (Å²) in [5.74, 6) is 0.666. The number of thiophene rings is 1. The third-order valence-electron chi connectivity index (χ3n) is 4.95. The van der Waals surface area contributed by atoms with Crippen LogP contribution in [0.2, 0.25) is 0 Å². The highest BCUT2D eigenvalue weighted by Gasteiger charge is 2.53. The van der Waals surface area contributed by atoms with Crippen molar-refractivity contribution in [3.05, 3.63) is 21.9 Å². The number of hydrogen-bond donors (Lipinski definition) is 1. The second-order valence-electron chi connectivity index (χ2n) is 6.07. The predicted octanol–water partition coefficient (Wildman–Crippen LogP) is 2.05. The van der Waals surface area contributed by atoms with Gasteiger partial charge in [0, 0.05) is 36.9 Å². The lowest BCUT2D eigenvalue weighted by Gasteiger charge is -2.54. The zero-order valence-electron chi connectivity index (χ0n) is 12.1. The number of rotatable bonds is 3. The van der Waals surface area contributed by atoms with Crippen molar-refractivity contribution < 1.29 is 9.53 Å².